The first kappa shape index (κ1) is 26.1. The summed E-state index contributed by atoms with van der Waals surface area (Å²) < 4.78 is 42.4. The Morgan fingerprint density at radius 1 is 1.16 bits per heavy atom. The fourth-order valence-corrected chi connectivity index (χ4v) is 4.63. The smallest absolute Gasteiger partial charge is 0.259 e. The van der Waals surface area contributed by atoms with E-state index in [1.54, 1.807) is 23.9 Å². The number of aryl methyl sites for hydroxylation is 1. The Kier molecular flexibility index (Phi) is 7.15. The molecule has 0 amide bonds. The number of fused-ring (bicyclic) bond motifs is 1. The SMILES string of the molecule is Cn1cc(-c2cc(N)cnc2Oc2ccc(F)cc2F)c2c(cc(C#N)n2COCC[Si](C)(C)C)c1=O. The van der Waals surface area contributed by atoms with Crippen molar-refractivity contribution in [2.75, 3.05) is 12.3 Å². The first-order valence-electron chi connectivity index (χ1n) is 11.6. The normalized spacial score (nSPS) is 11.6. The zero-order chi connectivity index (χ0) is 26.9. The van der Waals surface area contributed by atoms with Crippen molar-refractivity contribution in [1.29, 1.82) is 5.26 Å². The molecule has 0 radical (unpaired) electrons. The van der Waals surface area contributed by atoms with E-state index in [0.29, 0.717) is 40.4 Å². The number of hydrogen-bond donors (Lipinski definition) is 1. The van der Waals surface area contributed by atoms with Gasteiger partial charge in [-0.05, 0) is 30.3 Å². The van der Waals surface area contributed by atoms with Crippen molar-refractivity contribution in [3.05, 3.63) is 70.4 Å². The van der Waals surface area contributed by atoms with Gasteiger partial charge in [0.25, 0.3) is 5.56 Å². The van der Waals surface area contributed by atoms with Gasteiger partial charge in [0.05, 0.1) is 28.4 Å². The molecular formula is C26H27F2N5O3Si. The standard InChI is InChI=1S/C26H27F2N5O3Si/c1-32-14-21(19-10-17(30)13-31-25(19)36-23-6-5-16(27)9-22(23)28)24-20(26(32)34)11-18(12-29)33(24)15-35-7-8-37(2,3)4/h5-6,9-11,13-14H,7-8,15,30H2,1-4H3. The van der Waals surface area contributed by atoms with Crippen molar-refractivity contribution in [3.63, 3.8) is 0 Å². The average Bonchev–Trinajstić information content (AvgIpc) is 3.20. The second kappa shape index (κ2) is 10.2. The van der Waals surface area contributed by atoms with E-state index >= 15 is 0 Å². The Bertz CT molecular complexity index is 1580. The summed E-state index contributed by atoms with van der Waals surface area (Å²) in [5.41, 5.74) is 7.55. The molecule has 37 heavy (non-hydrogen) atoms. The highest BCUT2D eigenvalue weighted by Gasteiger charge is 2.22. The zero-order valence-corrected chi connectivity index (χ0v) is 22.0. The van der Waals surface area contributed by atoms with E-state index < -0.39 is 19.7 Å². The van der Waals surface area contributed by atoms with Crippen molar-refractivity contribution in [2.24, 2.45) is 7.05 Å². The van der Waals surface area contributed by atoms with Gasteiger partial charge in [0, 0.05) is 39.6 Å². The zero-order valence-electron chi connectivity index (χ0n) is 21.0. The van der Waals surface area contributed by atoms with Gasteiger partial charge in [0.2, 0.25) is 5.88 Å². The summed E-state index contributed by atoms with van der Waals surface area (Å²) in [7, 11) is 0.243. The number of nitrogens with two attached hydrogens (primary N) is 1. The van der Waals surface area contributed by atoms with E-state index in [0.717, 1.165) is 18.2 Å². The van der Waals surface area contributed by atoms with Crippen molar-refractivity contribution < 1.29 is 18.3 Å². The molecule has 2 N–H and O–H groups in total. The summed E-state index contributed by atoms with van der Waals surface area (Å²) in [6.07, 6.45) is 2.92. The quantitative estimate of drug-likeness (QED) is 0.250. The number of anilines is 1. The van der Waals surface area contributed by atoms with Gasteiger partial charge in [-0.1, -0.05) is 19.6 Å². The molecule has 0 unspecified atom stereocenters. The second-order valence-electron chi connectivity index (χ2n) is 9.94. The first-order valence-corrected chi connectivity index (χ1v) is 15.3. The van der Waals surface area contributed by atoms with Gasteiger partial charge in [-0.2, -0.15) is 5.26 Å². The molecule has 3 aromatic heterocycles. The van der Waals surface area contributed by atoms with Crippen LogP contribution >= 0.6 is 0 Å². The van der Waals surface area contributed by atoms with Crippen LogP contribution in [0.4, 0.5) is 14.5 Å². The number of hydrogen-bond acceptors (Lipinski definition) is 6. The van der Waals surface area contributed by atoms with Crippen LogP contribution in [0, 0.1) is 23.0 Å². The van der Waals surface area contributed by atoms with Crippen molar-refractivity contribution in [1.82, 2.24) is 14.1 Å². The van der Waals surface area contributed by atoms with Crippen LogP contribution < -0.4 is 16.0 Å². The fraction of sp³-hybridized carbons (Fsp3) is 0.269. The fourth-order valence-electron chi connectivity index (χ4n) is 3.87. The van der Waals surface area contributed by atoms with Crippen LogP contribution in [-0.4, -0.2) is 28.8 Å². The molecule has 0 aliphatic carbocycles. The molecule has 0 spiro atoms. The lowest BCUT2D eigenvalue weighted by Gasteiger charge is -2.17. The van der Waals surface area contributed by atoms with Crippen LogP contribution in [0.3, 0.4) is 0 Å². The number of ether oxygens (including phenoxy) is 2. The Morgan fingerprint density at radius 2 is 1.92 bits per heavy atom. The maximum Gasteiger partial charge on any atom is 0.259 e. The molecule has 192 valence electrons. The van der Waals surface area contributed by atoms with E-state index in [4.69, 9.17) is 15.2 Å². The van der Waals surface area contributed by atoms with Crippen LogP contribution in [0.5, 0.6) is 11.6 Å². The van der Waals surface area contributed by atoms with Gasteiger partial charge in [-0.25, -0.2) is 13.8 Å². The summed E-state index contributed by atoms with van der Waals surface area (Å²) in [4.78, 5) is 17.3. The van der Waals surface area contributed by atoms with E-state index in [9.17, 15) is 18.8 Å². The molecule has 0 fully saturated rings. The molecule has 4 aromatic rings. The van der Waals surface area contributed by atoms with Gasteiger partial charge in [-0.15, -0.1) is 0 Å². The van der Waals surface area contributed by atoms with Gasteiger partial charge in [0.15, 0.2) is 11.6 Å². The number of pyridine rings is 2. The molecule has 4 rings (SSSR count). The molecule has 0 saturated heterocycles. The van der Waals surface area contributed by atoms with Gasteiger partial charge in [0.1, 0.15) is 24.3 Å². The third-order valence-electron chi connectivity index (χ3n) is 5.82. The van der Waals surface area contributed by atoms with Gasteiger partial charge in [-0.3, -0.25) is 4.79 Å². The highest BCUT2D eigenvalue weighted by atomic mass is 28.3. The molecule has 0 aliphatic rings. The minimum Gasteiger partial charge on any atom is -0.435 e. The van der Waals surface area contributed by atoms with Crippen molar-refractivity contribution in [3.8, 4) is 28.8 Å². The van der Waals surface area contributed by atoms with Crippen LogP contribution in [0.1, 0.15) is 5.69 Å². The highest BCUT2D eigenvalue weighted by molar-refractivity contribution is 6.76. The predicted octanol–water partition coefficient (Wildman–Crippen LogP) is 5.24. The van der Waals surface area contributed by atoms with E-state index in [1.165, 1.54) is 16.8 Å². The number of benzene rings is 1. The topological polar surface area (TPSA) is 108 Å². The van der Waals surface area contributed by atoms with Crippen molar-refractivity contribution in [2.45, 2.75) is 32.4 Å². The Balaban J connectivity index is 1.88. The lowest BCUT2D eigenvalue weighted by Crippen LogP contribution is -2.22. The Labute approximate surface area is 213 Å². The lowest BCUT2D eigenvalue weighted by molar-refractivity contribution is 0.0897. The van der Waals surface area contributed by atoms with E-state index in [1.807, 2.05) is 0 Å². The third-order valence-corrected chi connectivity index (χ3v) is 7.52. The third kappa shape index (κ3) is 5.55. The molecule has 0 aliphatic heterocycles. The van der Waals surface area contributed by atoms with Crippen LogP contribution in [0.25, 0.3) is 22.0 Å². The number of nitrogen functional groups attached to an aromatic ring is 1. The monoisotopic (exact) mass is 523 g/mol. The van der Waals surface area contributed by atoms with Crippen LogP contribution in [-0.2, 0) is 18.5 Å². The maximum absolute atomic E-state index is 14.4. The number of halogens is 2. The number of aromatic nitrogens is 3. The molecule has 8 nitrogen and oxygen atoms in total. The summed E-state index contributed by atoms with van der Waals surface area (Å²) >= 11 is 0. The molecule has 3 heterocycles. The van der Waals surface area contributed by atoms with Crippen molar-refractivity contribution >= 4 is 24.7 Å². The molecule has 1 aromatic carbocycles. The summed E-state index contributed by atoms with van der Waals surface area (Å²) in [6, 6.07) is 9.10. The lowest BCUT2D eigenvalue weighted by atomic mass is 10.1. The second-order valence-corrected chi connectivity index (χ2v) is 15.6. The summed E-state index contributed by atoms with van der Waals surface area (Å²) in [5, 5.41) is 10.1. The molecule has 0 atom stereocenters. The van der Waals surface area contributed by atoms with E-state index in [2.05, 4.69) is 30.7 Å². The average molecular weight is 524 g/mol. The summed E-state index contributed by atoms with van der Waals surface area (Å²) in [5.74, 6) is -1.89. The molecular weight excluding hydrogens is 496 g/mol. The molecule has 0 bridgehead atoms. The largest absolute Gasteiger partial charge is 0.435 e. The Hall–Kier alpha value is -4.01. The first-order chi connectivity index (χ1) is 17.5. The van der Waals surface area contributed by atoms with Gasteiger partial charge >= 0.3 is 0 Å². The number of nitrogens with zero attached hydrogens (tertiary/aromatic N) is 4. The minimum absolute atomic E-state index is 0.00874. The van der Waals surface area contributed by atoms with E-state index in [-0.39, 0.29) is 29.6 Å². The van der Waals surface area contributed by atoms with Crippen LogP contribution in [0.2, 0.25) is 25.7 Å². The molecule has 11 heteroatoms. The maximum atomic E-state index is 14.4. The predicted molar refractivity (Wildman–Crippen MR) is 140 cm³/mol. The number of nitriles is 1. The van der Waals surface area contributed by atoms with Gasteiger partial charge < -0.3 is 24.3 Å². The van der Waals surface area contributed by atoms with Crippen LogP contribution in [0.15, 0.2) is 47.5 Å². The Morgan fingerprint density at radius 3 is 2.59 bits per heavy atom. The molecule has 0 saturated carbocycles. The summed E-state index contributed by atoms with van der Waals surface area (Å²) in [6.45, 7) is 7.28. The number of rotatable bonds is 8. The minimum atomic E-state index is -1.34. The highest BCUT2D eigenvalue weighted by Crippen LogP contribution is 2.37.